The number of amides is 1. The van der Waals surface area contributed by atoms with E-state index in [1.54, 1.807) is 11.5 Å². The minimum absolute atomic E-state index is 0.278. The number of halogens is 1. The molecule has 1 amide bonds. The highest BCUT2D eigenvalue weighted by Gasteiger charge is 2.22. The second kappa shape index (κ2) is 7.28. The molecule has 0 bridgehead atoms. The van der Waals surface area contributed by atoms with Gasteiger partial charge < -0.3 is 0 Å². The first-order valence-corrected chi connectivity index (χ1v) is 7.95. The third kappa shape index (κ3) is 3.59. The first-order valence-electron chi connectivity index (χ1n) is 7.95. The van der Waals surface area contributed by atoms with E-state index in [-0.39, 0.29) is 5.82 Å². The zero-order valence-electron chi connectivity index (χ0n) is 13.7. The van der Waals surface area contributed by atoms with Crippen molar-refractivity contribution in [2.75, 3.05) is 0 Å². The predicted octanol–water partition coefficient (Wildman–Crippen LogP) is 4.44. The predicted molar refractivity (Wildman–Crippen MR) is 94.8 cm³/mol. The summed E-state index contributed by atoms with van der Waals surface area (Å²) in [4.78, 5) is 12.3. The van der Waals surface area contributed by atoms with Crippen LogP contribution in [0.1, 0.15) is 22.6 Å². The molecule has 0 heterocycles. The largest absolute Gasteiger partial charge is 0.289 e. The van der Waals surface area contributed by atoms with Gasteiger partial charge in [-0.25, -0.2) is 9.87 Å². The van der Waals surface area contributed by atoms with Crippen molar-refractivity contribution >= 4 is 5.91 Å². The van der Waals surface area contributed by atoms with Crippen molar-refractivity contribution in [3.63, 3.8) is 0 Å². The van der Waals surface area contributed by atoms with Gasteiger partial charge in [-0.15, -0.1) is 0 Å². The van der Waals surface area contributed by atoms with Gasteiger partial charge in [0.15, 0.2) is 0 Å². The summed E-state index contributed by atoms with van der Waals surface area (Å²) in [5.41, 5.74) is 5.89. The van der Waals surface area contributed by atoms with Crippen molar-refractivity contribution < 1.29 is 14.4 Å². The van der Waals surface area contributed by atoms with Crippen LogP contribution in [-0.2, 0) is 4.79 Å². The Bertz CT molecular complexity index is 893. The summed E-state index contributed by atoms with van der Waals surface area (Å²) in [6.45, 7) is 1.85. The van der Waals surface area contributed by atoms with Crippen LogP contribution in [0.15, 0.2) is 72.8 Å². The van der Waals surface area contributed by atoms with E-state index >= 15 is 0 Å². The Morgan fingerprint density at radius 3 is 2.36 bits per heavy atom. The van der Waals surface area contributed by atoms with E-state index in [0.717, 1.165) is 27.8 Å². The van der Waals surface area contributed by atoms with Crippen LogP contribution in [0, 0.1) is 12.7 Å². The van der Waals surface area contributed by atoms with E-state index in [1.807, 2.05) is 61.5 Å². The first kappa shape index (κ1) is 16.9. The monoisotopic (exact) mass is 335 g/mol. The molecule has 126 valence electrons. The van der Waals surface area contributed by atoms with E-state index in [9.17, 15) is 9.18 Å². The fraction of sp³-hybridized carbons (Fsp3) is 0.0952. The number of hydrogen-bond donors (Lipinski definition) is 2. The lowest BCUT2D eigenvalue weighted by Gasteiger charge is -2.17. The normalized spacial score (nSPS) is 11.8. The minimum Gasteiger partial charge on any atom is -0.289 e. The summed E-state index contributed by atoms with van der Waals surface area (Å²) in [6, 6.07) is 21.4. The summed E-state index contributed by atoms with van der Waals surface area (Å²) < 4.78 is 13.4. The molecular formula is C21H18FNO2. The van der Waals surface area contributed by atoms with Crippen molar-refractivity contribution in [2.24, 2.45) is 0 Å². The van der Waals surface area contributed by atoms with Gasteiger partial charge in [0.25, 0.3) is 5.91 Å². The van der Waals surface area contributed by atoms with Crippen LogP contribution in [0.2, 0.25) is 0 Å². The third-order valence-corrected chi connectivity index (χ3v) is 4.22. The lowest BCUT2D eigenvalue weighted by Crippen LogP contribution is -2.27. The lowest BCUT2D eigenvalue weighted by molar-refractivity contribution is -0.129. The van der Waals surface area contributed by atoms with E-state index in [4.69, 9.17) is 5.21 Å². The van der Waals surface area contributed by atoms with Crippen molar-refractivity contribution in [3.05, 3.63) is 95.3 Å². The molecule has 3 aromatic carbocycles. The molecule has 4 heteroatoms. The molecule has 0 spiro atoms. The number of nitrogens with one attached hydrogen (secondary N) is 1. The number of carbonyl (C=O) groups is 1. The Morgan fingerprint density at radius 2 is 1.68 bits per heavy atom. The summed E-state index contributed by atoms with van der Waals surface area (Å²) in [5, 5.41) is 9.15. The van der Waals surface area contributed by atoms with Crippen LogP contribution in [0.25, 0.3) is 11.1 Å². The molecule has 3 nitrogen and oxygen atoms in total. The maximum atomic E-state index is 13.4. The fourth-order valence-electron chi connectivity index (χ4n) is 3.04. The summed E-state index contributed by atoms with van der Waals surface area (Å²) in [7, 11) is 0. The summed E-state index contributed by atoms with van der Waals surface area (Å²) in [5.74, 6) is -1.41. The molecule has 0 saturated carbocycles. The average Bonchev–Trinajstić information content (AvgIpc) is 2.63. The Morgan fingerprint density at radius 1 is 0.960 bits per heavy atom. The van der Waals surface area contributed by atoms with Gasteiger partial charge in [-0.3, -0.25) is 10.0 Å². The van der Waals surface area contributed by atoms with Crippen LogP contribution in [0.5, 0.6) is 0 Å². The molecule has 0 radical (unpaired) electrons. The van der Waals surface area contributed by atoms with Crippen LogP contribution >= 0.6 is 0 Å². The van der Waals surface area contributed by atoms with Gasteiger partial charge in [0.05, 0.1) is 5.92 Å². The Kier molecular flexibility index (Phi) is 4.91. The average molecular weight is 335 g/mol. The Balaban J connectivity index is 2.08. The van der Waals surface area contributed by atoms with Gasteiger partial charge >= 0.3 is 0 Å². The molecule has 3 rings (SSSR count). The number of benzene rings is 3. The van der Waals surface area contributed by atoms with Crippen LogP contribution in [0.3, 0.4) is 0 Å². The molecular weight excluding hydrogens is 317 g/mol. The fourth-order valence-corrected chi connectivity index (χ4v) is 3.04. The number of rotatable bonds is 4. The molecule has 0 fully saturated rings. The zero-order valence-corrected chi connectivity index (χ0v) is 13.7. The maximum Gasteiger partial charge on any atom is 0.255 e. The van der Waals surface area contributed by atoms with E-state index in [0.29, 0.717) is 0 Å². The molecule has 1 atom stereocenters. The third-order valence-electron chi connectivity index (χ3n) is 4.22. The zero-order chi connectivity index (χ0) is 17.8. The van der Waals surface area contributed by atoms with Gasteiger partial charge in [0.1, 0.15) is 5.82 Å². The molecule has 2 N–H and O–H groups in total. The highest BCUT2D eigenvalue weighted by molar-refractivity contribution is 5.86. The van der Waals surface area contributed by atoms with Gasteiger partial charge in [-0.1, -0.05) is 60.7 Å². The summed E-state index contributed by atoms with van der Waals surface area (Å²) >= 11 is 0. The standard InChI is InChI=1S/C21H18FNO2/c1-14-12-18(22)10-11-19(14)16-8-5-9-17(13-16)20(21(24)23-25)15-6-3-2-4-7-15/h2-13,20,25H,1H3,(H,23,24). The van der Waals surface area contributed by atoms with Gasteiger partial charge in [-0.2, -0.15) is 0 Å². The number of hydroxylamine groups is 1. The molecule has 0 aromatic heterocycles. The van der Waals surface area contributed by atoms with E-state index in [2.05, 4.69) is 0 Å². The molecule has 0 aliphatic rings. The molecule has 0 saturated heterocycles. The van der Waals surface area contributed by atoms with Crippen LogP contribution < -0.4 is 5.48 Å². The van der Waals surface area contributed by atoms with Crippen LogP contribution in [0.4, 0.5) is 4.39 Å². The summed E-state index contributed by atoms with van der Waals surface area (Å²) in [6.07, 6.45) is 0. The minimum atomic E-state index is -0.632. The van der Waals surface area contributed by atoms with E-state index in [1.165, 1.54) is 12.1 Å². The number of hydrogen-bond acceptors (Lipinski definition) is 2. The van der Waals surface area contributed by atoms with E-state index < -0.39 is 11.8 Å². The molecule has 0 aliphatic heterocycles. The highest BCUT2D eigenvalue weighted by Crippen LogP contribution is 2.30. The quantitative estimate of drug-likeness (QED) is 0.547. The van der Waals surface area contributed by atoms with Crippen LogP contribution in [-0.4, -0.2) is 11.1 Å². The number of carbonyl (C=O) groups excluding carboxylic acids is 1. The van der Waals surface area contributed by atoms with Crippen molar-refractivity contribution in [1.29, 1.82) is 0 Å². The topological polar surface area (TPSA) is 49.3 Å². The van der Waals surface area contributed by atoms with Crippen molar-refractivity contribution in [3.8, 4) is 11.1 Å². The van der Waals surface area contributed by atoms with Crippen molar-refractivity contribution in [1.82, 2.24) is 5.48 Å². The SMILES string of the molecule is Cc1cc(F)ccc1-c1cccc(C(C(=O)NO)c2ccccc2)c1. The molecule has 1 unspecified atom stereocenters. The smallest absolute Gasteiger partial charge is 0.255 e. The maximum absolute atomic E-state index is 13.4. The second-order valence-corrected chi connectivity index (χ2v) is 5.90. The molecule has 0 aliphatic carbocycles. The Hall–Kier alpha value is -2.98. The first-order chi connectivity index (χ1) is 12.1. The van der Waals surface area contributed by atoms with Crippen molar-refractivity contribution in [2.45, 2.75) is 12.8 Å². The Labute approximate surface area is 145 Å². The van der Waals surface area contributed by atoms with Gasteiger partial charge in [0, 0.05) is 0 Å². The molecule has 3 aromatic rings. The molecule has 25 heavy (non-hydrogen) atoms. The second-order valence-electron chi connectivity index (χ2n) is 5.90. The van der Waals surface area contributed by atoms with Gasteiger partial charge in [0.2, 0.25) is 0 Å². The number of aryl methyl sites for hydroxylation is 1. The lowest BCUT2D eigenvalue weighted by atomic mass is 9.88. The highest BCUT2D eigenvalue weighted by atomic mass is 19.1. The van der Waals surface area contributed by atoms with Gasteiger partial charge in [-0.05, 0) is 46.9 Å².